The second-order valence-electron chi connectivity index (χ2n) is 6.61. The third kappa shape index (κ3) is 2.37. The van der Waals surface area contributed by atoms with E-state index in [-0.39, 0.29) is 17.1 Å². The number of carbonyl (C=O) groups is 1. The molecular formula is C21H19NO3. The molecule has 0 saturated heterocycles. The maximum Gasteiger partial charge on any atom is 0.288 e. The molecule has 0 radical (unpaired) electrons. The Morgan fingerprint density at radius 1 is 1.04 bits per heavy atom. The Hall–Kier alpha value is -2.88. The summed E-state index contributed by atoms with van der Waals surface area (Å²) in [5.41, 5.74) is 4.89. The zero-order valence-corrected chi connectivity index (χ0v) is 14.5. The fourth-order valence-electron chi connectivity index (χ4n) is 3.36. The highest BCUT2D eigenvalue weighted by Crippen LogP contribution is 2.31. The minimum absolute atomic E-state index is 0.130. The van der Waals surface area contributed by atoms with Gasteiger partial charge in [-0.05, 0) is 54.7 Å². The van der Waals surface area contributed by atoms with Crippen LogP contribution in [0.1, 0.15) is 51.3 Å². The van der Waals surface area contributed by atoms with Crippen LogP contribution in [0.5, 0.6) is 0 Å². The number of aryl methyl sites for hydroxylation is 3. The molecule has 4 nitrogen and oxygen atoms in total. The third-order valence-electron chi connectivity index (χ3n) is 5.03. The van der Waals surface area contributed by atoms with Crippen molar-refractivity contribution in [1.29, 1.82) is 0 Å². The second kappa shape index (κ2) is 5.59. The van der Waals surface area contributed by atoms with E-state index in [0.29, 0.717) is 16.5 Å². The van der Waals surface area contributed by atoms with Crippen molar-refractivity contribution in [3.05, 3.63) is 80.2 Å². The highest BCUT2D eigenvalue weighted by Gasteiger charge is 2.35. The molecule has 1 aliphatic heterocycles. The van der Waals surface area contributed by atoms with E-state index in [4.69, 9.17) is 4.42 Å². The van der Waals surface area contributed by atoms with Crippen molar-refractivity contribution in [3.63, 3.8) is 0 Å². The van der Waals surface area contributed by atoms with E-state index in [0.717, 1.165) is 23.1 Å². The van der Waals surface area contributed by atoms with Crippen LogP contribution >= 0.6 is 0 Å². The Kier molecular flexibility index (Phi) is 3.49. The molecule has 1 amide bonds. The van der Waals surface area contributed by atoms with E-state index in [2.05, 4.69) is 12.2 Å². The van der Waals surface area contributed by atoms with E-state index < -0.39 is 6.04 Å². The summed E-state index contributed by atoms with van der Waals surface area (Å²) in [6.07, 6.45) is 0.944. The highest BCUT2D eigenvalue weighted by atomic mass is 16.3. The molecule has 0 saturated carbocycles. The summed E-state index contributed by atoms with van der Waals surface area (Å²) in [7, 11) is 0. The van der Waals surface area contributed by atoms with Gasteiger partial charge in [0.15, 0.2) is 5.43 Å². The number of amides is 1. The van der Waals surface area contributed by atoms with Crippen molar-refractivity contribution < 1.29 is 9.21 Å². The Morgan fingerprint density at radius 2 is 1.72 bits per heavy atom. The average Bonchev–Trinajstić information content (AvgIpc) is 2.94. The molecule has 0 aliphatic carbocycles. The van der Waals surface area contributed by atoms with Crippen molar-refractivity contribution >= 4 is 16.9 Å². The van der Waals surface area contributed by atoms with Gasteiger partial charge in [0.25, 0.3) is 5.91 Å². The molecule has 0 spiro atoms. The molecule has 2 aromatic carbocycles. The number of hydrogen-bond donors (Lipinski definition) is 1. The lowest BCUT2D eigenvalue weighted by Crippen LogP contribution is -2.21. The fraction of sp³-hybridized carbons (Fsp3) is 0.238. The van der Waals surface area contributed by atoms with Gasteiger partial charge in [0.05, 0.1) is 17.0 Å². The highest BCUT2D eigenvalue weighted by molar-refractivity contribution is 5.99. The lowest BCUT2D eigenvalue weighted by atomic mass is 9.97. The van der Waals surface area contributed by atoms with Gasteiger partial charge < -0.3 is 9.73 Å². The summed E-state index contributed by atoms with van der Waals surface area (Å²) >= 11 is 0. The molecule has 0 bridgehead atoms. The van der Waals surface area contributed by atoms with Crippen molar-refractivity contribution in [1.82, 2.24) is 5.32 Å². The van der Waals surface area contributed by atoms with Gasteiger partial charge >= 0.3 is 0 Å². The van der Waals surface area contributed by atoms with E-state index in [1.54, 1.807) is 0 Å². The van der Waals surface area contributed by atoms with Gasteiger partial charge in [-0.15, -0.1) is 0 Å². The third-order valence-corrected chi connectivity index (χ3v) is 5.03. The lowest BCUT2D eigenvalue weighted by Gasteiger charge is -2.12. The summed E-state index contributed by atoms with van der Waals surface area (Å²) in [4.78, 5) is 25.5. The van der Waals surface area contributed by atoms with Crippen LogP contribution in [-0.2, 0) is 6.42 Å². The number of rotatable bonds is 2. The molecule has 3 aromatic rings. The van der Waals surface area contributed by atoms with Crippen LogP contribution in [0.15, 0.2) is 45.6 Å². The molecule has 1 N–H and O–H groups in total. The number of benzene rings is 2. The Labute approximate surface area is 145 Å². The van der Waals surface area contributed by atoms with Crippen LogP contribution in [0, 0.1) is 13.8 Å². The van der Waals surface area contributed by atoms with Gasteiger partial charge in [-0.3, -0.25) is 9.59 Å². The molecule has 2 heterocycles. The first-order valence-electron chi connectivity index (χ1n) is 8.47. The second-order valence-corrected chi connectivity index (χ2v) is 6.61. The summed E-state index contributed by atoms with van der Waals surface area (Å²) in [6, 6.07) is 11.2. The minimum Gasteiger partial charge on any atom is -0.450 e. The van der Waals surface area contributed by atoms with Crippen LogP contribution < -0.4 is 10.7 Å². The molecule has 4 rings (SSSR count). The van der Waals surface area contributed by atoms with E-state index in [1.807, 2.05) is 50.2 Å². The van der Waals surface area contributed by atoms with Crippen LogP contribution in [0.2, 0.25) is 0 Å². The number of hydrogen-bond acceptors (Lipinski definition) is 3. The SMILES string of the molecule is CCc1ccc(C2NC(=O)c3oc4cc(C)c(C)cc4c(=O)c32)cc1. The summed E-state index contributed by atoms with van der Waals surface area (Å²) in [5.74, 6) is -0.206. The molecule has 1 aliphatic rings. The van der Waals surface area contributed by atoms with Gasteiger partial charge in [-0.2, -0.15) is 0 Å². The molecule has 0 fully saturated rings. The molecule has 4 heteroatoms. The number of carbonyl (C=O) groups excluding carboxylic acids is 1. The quantitative estimate of drug-likeness (QED) is 0.776. The van der Waals surface area contributed by atoms with Gasteiger partial charge in [-0.25, -0.2) is 0 Å². The molecule has 25 heavy (non-hydrogen) atoms. The van der Waals surface area contributed by atoms with Crippen LogP contribution in [0.3, 0.4) is 0 Å². The molecular weight excluding hydrogens is 314 g/mol. The topological polar surface area (TPSA) is 59.3 Å². The van der Waals surface area contributed by atoms with Crippen LogP contribution in [0.25, 0.3) is 11.0 Å². The number of nitrogens with one attached hydrogen (secondary N) is 1. The maximum atomic E-state index is 13.1. The lowest BCUT2D eigenvalue weighted by molar-refractivity contribution is 0.0938. The summed E-state index contributed by atoms with van der Waals surface area (Å²) < 4.78 is 5.82. The smallest absolute Gasteiger partial charge is 0.288 e. The molecule has 1 unspecified atom stereocenters. The van der Waals surface area contributed by atoms with Crippen LogP contribution in [-0.4, -0.2) is 5.91 Å². The first-order valence-corrected chi connectivity index (χ1v) is 8.47. The van der Waals surface area contributed by atoms with E-state index >= 15 is 0 Å². The predicted molar refractivity (Wildman–Crippen MR) is 97.1 cm³/mol. The van der Waals surface area contributed by atoms with Gasteiger partial charge in [0.1, 0.15) is 5.58 Å². The van der Waals surface area contributed by atoms with Gasteiger partial charge in [0, 0.05) is 0 Å². The van der Waals surface area contributed by atoms with Gasteiger partial charge in [0.2, 0.25) is 5.76 Å². The van der Waals surface area contributed by atoms with Crippen molar-refractivity contribution in [3.8, 4) is 0 Å². The minimum atomic E-state index is -0.462. The average molecular weight is 333 g/mol. The van der Waals surface area contributed by atoms with E-state index in [1.165, 1.54) is 5.56 Å². The zero-order valence-electron chi connectivity index (χ0n) is 14.5. The zero-order chi connectivity index (χ0) is 17.7. The van der Waals surface area contributed by atoms with E-state index in [9.17, 15) is 9.59 Å². The predicted octanol–water partition coefficient (Wildman–Crippen LogP) is 3.81. The first-order chi connectivity index (χ1) is 12.0. The Bertz CT molecular complexity index is 1060. The fourth-order valence-corrected chi connectivity index (χ4v) is 3.36. The van der Waals surface area contributed by atoms with Crippen molar-refractivity contribution in [2.75, 3.05) is 0 Å². The van der Waals surface area contributed by atoms with Crippen molar-refractivity contribution in [2.45, 2.75) is 33.2 Å². The molecule has 1 atom stereocenters. The number of fused-ring (bicyclic) bond motifs is 2. The Balaban J connectivity index is 1.94. The maximum absolute atomic E-state index is 13.1. The van der Waals surface area contributed by atoms with Crippen molar-refractivity contribution in [2.24, 2.45) is 0 Å². The standard InChI is InChI=1S/C21H19NO3/c1-4-13-5-7-14(8-6-13)18-17-19(23)15-9-11(2)12(3)10-16(15)25-20(17)21(24)22-18/h5-10,18H,4H2,1-3H3,(H,22,24). The summed E-state index contributed by atoms with van der Waals surface area (Å²) in [5, 5.41) is 3.41. The summed E-state index contributed by atoms with van der Waals surface area (Å²) in [6.45, 7) is 6.01. The Morgan fingerprint density at radius 3 is 2.40 bits per heavy atom. The monoisotopic (exact) mass is 333 g/mol. The van der Waals surface area contributed by atoms with Crippen LogP contribution in [0.4, 0.5) is 0 Å². The normalized spacial score (nSPS) is 16.1. The molecule has 126 valence electrons. The largest absolute Gasteiger partial charge is 0.450 e. The van der Waals surface area contributed by atoms with Gasteiger partial charge in [-0.1, -0.05) is 31.2 Å². The molecule has 1 aromatic heterocycles. The first kappa shape index (κ1) is 15.6.